The van der Waals surface area contributed by atoms with Crippen LogP contribution in [0.1, 0.15) is 24.8 Å². The molecule has 1 saturated heterocycles. The first-order chi connectivity index (χ1) is 8.29. The predicted octanol–water partition coefficient (Wildman–Crippen LogP) is 2.78. The molecular formula is C13H17ClO3. The lowest BCUT2D eigenvalue weighted by molar-refractivity contribution is 0.0903. The van der Waals surface area contributed by atoms with Crippen molar-refractivity contribution in [3.8, 4) is 5.75 Å². The molecule has 0 spiro atoms. The van der Waals surface area contributed by atoms with E-state index in [1.807, 2.05) is 6.07 Å². The molecule has 17 heavy (non-hydrogen) atoms. The van der Waals surface area contributed by atoms with Gasteiger partial charge in [0.1, 0.15) is 5.75 Å². The van der Waals surface area contributed by atoms with Crippen LogP contribution in [0.25, 0.3) is 0 Å². The van der Waals surface area contributed by atoms with E-state index in [1.165, 1.54) is 0 Å². The number of aliphatic hydroxyl groups excluding tert-OH is 1. The van der Waals surface area contributed by atoms with E-state index in [0.29, 0.717) is 23.5 Å². The Bertz CT molecular complexity index is 362. The molecule has 1 aromatic carbocycles. The van der Waals surface area contributed by atoms with Gasteiger partial charge < -0.3 is 14.6 Å². The first-order valence-corrected chi connectivity index (χ1v) is 6.31. The first-order valence-electron chi connectivity index (χ1n) is 5.93. The molecule has 0 radical (unpaired) electrons. The molecule has 1 fully saturated rings. The standard InChI is InChI=1S/C13H17ClO3/c14-12-8-10(9-15)3-4-13(12)17-7-5-11-2-1-6-16-11/h3-4,8,11,15H,1-2,5-7,9H2. The number of halogens is 1. The lowest BCUT2D eigenvalue weighted by Gasteiger charge is -2.12. The van der Waals surface area contributed by atoms with Crippen molar-refractivity contribution in [3.05, 3.63) is 28.8 Å². The fourth-order valence-corrected chi connectivity index (χ4v) is 2.19. The summed E-state index contributed by atoms with van der Waals surface area (Å²) in [6, 6.07) is 5.33. The summed E-state index contributed by atoms with van der Waals surface area (Å²) in [5.74, 6) is 0.668. The SMILES string of the molecule is OCc1ccc(OCCC2CCCO2)c(Cl)c1. The van der Waals surface area contributed by atoms with Gasteiger partial charge in [-0.15, -0.1) is 0 Å². The predicted molar refractivity (Wildman–Crippen MR) is 66.5 cm³/mol. The van der Waals surface area contributed by atoms with E-state index < -0.39 is 0 Å². The second-order valence-corrected chi connectivity index (χ2v) is 4.60. The van der Waals surface area contributed by atoms with E-state index in [4.69, 9.17) is 26.2 Å². The summed E-state index contributed by atoms with van der Waals surface area (Å²) in [6.45, 7) is 1.48. The third-order valence-corrected chi connectivity index (χ3v) is 3.20. The van der Waals surface area contributed by atoms with Crippen LogP contribution in [0.2, 0.25) is 5.02 Å². The lowest BCUT2D eigenvalue weighted by Crippen LogP contribution is -2.10. The number of hydrogen-bond donors (Lipinski definition) is 1. The molecule has 3 nitrogen and oxygen atoms in total. The number of benzene rings is 1. The third-order valence-electron chi connectivity index (χ3n) is 2.90. The largest absolute Gasteiger partial charge is 0.492 e. The minimum atomic E-state index is -0.00405. The zero-order valence-corrected chi connectivity index (χ0v) is 10.4. The van der Waals surface area contributed by atoms with E-state index in [9.17, 15) is 0 Å². The highest BCUT2D eigenvalue weighted by atomic mass is 35.5. The van der Waals surface area contributed by atoms with Crippen molar-refractivity contribution in [1.82, 2.24) is 0 Å². The molecule has 94 valence electrons. The topological polar surface area (TPSA) is 38.7 Å². The van der Waals surface area contributed by atoms with E-state index in [1.54, 1.807) is 12.1 Å². The highest BCUT2D eigenvalue weighted by molar-refractivity contribution is 6.32. The van der Waals surface area contributed by atoms with E-state index in [2.05, 4.69) is 0 Å². The van der Waals surface area contributed by atoms with Gasteiger partial charge in [-0.2, -0.15) is 0 Å². The van der Waals surface area contributed by atoms with Gasteiger partial charge in [-0.25, -0.2) is 0 Å². The normalized spacial score (nSPS) is 19.5. The van der Waals surface area contributed by atoms with Crippen molar-refractivity contribution in [2.75, 3.05) is 13.2 Å². The van der Waals surface area contributed by atoms with Crippen LogP contribution in [-0.4, -0.2) is 24.4 Å². The Balaban J connectivity index is 1.81. The monoisotopic (exact) mass is 256 g/mol. The molecule has 0 aromatic heterocycles. The van der Waals surface area contributed by atoms with Gasteiger partial charge in [0.25, 0.3) is 0 Å². The maximum atomic E-state index is 8.96. The molecule has 0 saturated carbocycles. The second-order valence-electron chi connectivity index (χ2n) is 4.20. The van der Waals surface area contributed by atoms with E-state index >= 15 is 0 Å². The summed E-state index contributed by atoms with van der Waals surface area (Å²) >= 11 is 6.04. The Kier molecular flexibility index (Phi) is 4.66. The van der Waals surface area contributed by atoms with Gasteiger partial charge in [0.05, 0.1) is 24.3 Å². The maximum Gasteiger partial charge on any atom is 0.137 e. The zero-order valence-electron chi connectivity index (χ0n) is 9.69. The van der Waals surface area contributed by atoms with Crippen LogP contribution in [0, 0.1) is 0 Å². The van der Waals surface area contributed by atoms with E-state index in [-0.39, 0.29) is 6.61 Å². The Morgan fingerprint density at radius 1 is 1.47 bits per heavy atom. The minimum Gasteiger partial charge on any atom is -0.492 e. The molecule has 1 aromatic rings. The summed E-state index contributed by atoms with van der Waals surface area (Å²) in [4.78, 5) is 0. The number of ether oxygens (including phenoxy) is 2. The van der Waals surface area contributed by atoms with Crippen molar-refractivity contribution in [3.63, 3.8) is 0 Å². The van der Waals surface area contributed by atoms with Crippen molar-refractivity contribution in [2.24, 2.45) is 0 Å². The second kappa shape index (κ2) is 6.24. The summed E-state index contributed by atoms with van der Waals surface area (Å²) in [6.07, 6.45) is 3.51. The molecule has 1 unspecified atom stereocenters. The van der Waals surface area contributed by atoms with Crippen molar-refractivity contribution < 1.29 is 14.6 Å². The van der Waals surface area contributed by atoms with Crippen molar-refractivity contribution in [2.45, 2.75) is 32.0 Å². The van der Waals surface area contributed by atoms with Crippen LogP contribution < -0.4 is 4.74 Å². The number of aliphatic hydroxyl groups is 1. The van der Waals surface area contributed by atoms with Gasteiger partial charge in [-0.1, -0.05) is 17.7 Å². The smallest absolute Gasteiger partial charge is 0.137 e. The lowest BCUT2D eigenvalue weighted by atomic mass is 10.2. The summed E-state index contributed by atoms with van der Waals surface area (Å²) in [5, 5.41) is 9.50. The average molecular weight is 257 g/mol. The van der Waals surface area contributed by atoms with E-state index in [0.717, 1.165) is 31.4 Å². The van der Waals surface area contributed by atoms with Gasteiger partial charge >= 0.3 is 0 Å². The Labute approximate surface area is 106 Å². The molecule has 0 amide bonds. The summed E-state index contributed by atoms with van der Waals surface area (Å²) < 4.78 is 11.1. The molecule has 1 N–H and O–H groups in total. The highest BCUT2D eigenvalue weighted by Crippen LogP contribution is 2.26. The van der Waals surface area contributed by atoms with Crippen molar-refractivity contribution >= 4 is 11.6 Å². The molecule has 1 aliphatic heterocycles. The van der Waals surface area contributed by atoms with Crippen LogP contribution in [0.15, 0.2) is 18.2 Å². The maximum absolute atomic E-state index is 8.96. The third kappa shape index (κ3) is 3.60. The molecule has 4 heteroatoms. The van der Waals surface area contributed by atoms with Gasteiger partial charge in [0, 0.05) is 13.0 Å². The Hall–Kier alpha value is -0.770. The highest BCUT2D eigenvalue weighted by Gasteiger charge is 2.15. The van der Waals surface area contributed by atoms with Gasteiger partial charge in [0.2, 0.25) is 0 Å². The molecular weight excluding hydrogens is 240 g/mol. The van der Waals surface area contributed by atoms with Crippen LogP contribution in [-0.2, 0) is 11.3 Å². The summed E-state index contributed by atoms with van der Waals surface area (Å²) in [7, 11) is 0. The van der Waals surface area contributed by atoms with Crippen LogP contribution in [0.4, 0.5) is 0 Å². The Morgan fingerprint density at radius 2 is 2.35 bits per heavy atom. The number of hydrogen-bond acceptors (Lipinski definition) is 3. The average Bonchev–Trinajstić information content (AvgIpc) is 2.84. The Morgan fingerprint density at radius 3 is 3.00 bits per heavy atom. The van der Waals surface area contributed by atoms with Crippen LogP contribution in [0.3, 0.4) is 0 Å². The fourth-order valence-electron chi connectivity index (χ4n) is 1.93. The quantitative estimate of drug-likeness (QED) is 0.881. The molecule has 0 bridgehead atoms. The van der Waals surface area contributed by atoms with Crippen LogP contribution in [0.5, 0.6) is 5.75 Å². The first kappa shape index (κ1) is 12.7. The number of rotatable bonds is 5. The summed E-state index contributed by atoms with van der Waals surface area (Å²) in [5.41, 5.74) is 0.793. The molecule has 1 aliphatic rings. The minimum absolute atomic E-state index is 0.00405. The van der Waals surface area contributed by atoms with Crippen molar-refractivity contribution in [1.29, 1.82) is 0 Å². The van der Waals surface area contributed by atoms with Gasteiger partial charge in [-0.05, 0) is 30.5 Å². The molecule has 1 atom stereocenters. The molecule has 2 rings (SSSR count). The van der Waals surface area contributed by atoms with Gasteiger partial charge in [0.15, 0.2) is 0 Å². The molecule has 1 heterocycles. The molecule has 0 aliphatic carbocycles. The zero-order chi connectivity index (χ0) is 12.1. The van der Waals surface area contributed by atoms with Crippen LogP contribution >= 0.6 is 11.6 Å². The fraction of sp³-hybridized carbons (Fsp3) is 0.538. The van der Waals surface area contributed by atoms with Gasteiger partial charge in [-0.3, -0.25) is 0 Å².